The molecule has 0 unspecified atom stereocenters. The predicted molar refractivity (Wildman–Crippen MR) is 97.1 cm³/mol. The lowest BCUT2D eigenvalue weighted by Gasteiger charge is -2.05. The van der Waals surface area contributed by atoms with Crippen molar-refractivity contribution < 1.29 is 19.5 Å². The molecule has 2 amide bonds. The highest BCUT2D eigenvalue weighted by molar-refractivity contribution is 5.98. The molecule has 2 rings (SSSR count). The van der Waals surface area contributed by atoms with E-state index in [4.69, 9.17) is 5.11 Å². The average molecular weight is 353 g/mol. The molecule has 2 aromatic carbocycles. The highest BCUT2D eigenvalue weighted by atomic mass is 16.4. The van der Waals surface area contributed by atoms with Crippen molar-refractivity contribution in [2.45, 2.75) is 12.8 Å². The van der Waals surface area contributed by atoms with Gasteiger partial charge in [-0.25, -0.2) is 10.2 Å². The zero-order chi connectivity index (χ0) is 18.8. The Kier molecular flexibility index (Phi) is 7.05. The van der Waals surface area contributed by atoms with Crippen LogP contribution in [0.2, 0.25) is 0 Å². The molecular formula is C19H19N3O4. The SMILES string of the molecule is O=C(CCCNC(=O)c1ccccc1)NN=Cc1ccccc1C(=O)O. The van der Waals surface area contributed by atoms with Crippen molar-refractivity contribution in [2.75, 3.05) is 6.54 Å². The summed E-state index contributed by atoms with van der Waals surface area (Å²) in [5.41, 5.74) is 3.41. The van der Waals surface area contributed by atoms with Crippen LogP contribution in [0.15, 0.2) is 59.7 Å². The number of aromatic carboxylic acids is 1. The van der Waals surface area contributed by atoms with Crippen LogP contribution in [-0.2, 0) is 4.79 Å². The van der Waals surface area contributed by atoms with Gasteiger partial charge in [-0.2, -0.15) is 5.10 Å². The molecule has 7 heteroatoms. The third kappa shape index (κ3) is 5.86. The average Bonchev–Trinajstić information content (AvgIpc) is 2.66. The van der Waals surface area contributed by atoms with Gasteiger partial charge in [-0.05, 0) is 24.6 Å². The summed E-state index contributed by atoms with van der Waals surface area (Å²) < 4.78 is 0. The molecule has 7 nitrogen and oxygen atoms in total. The minimum atomic E-state index is -1.06. The maximum Gasteiger partial charge on any atom is 0.336 e. The topological polar surface area (TPSA) is 108 Å². The number of amides is 2. The number of hydrogen-bond acceptors (Lipinski definition) is 4. The second-order valence-corrected chi connectivity index (χ2v) is 5.41. The van der Waals surface area contributed by atoms with Crippen LogP contribution in [0.3, 0.4) is 0 Å². The zero-order valence-electron chi connectivity index (χ0n) is 14.0. The Morgan fingerprint density at radius 2 is 1.69 bits per heavy atom. The standard InChI is InChI=1S/C19H19N3O4/c23-17(11-6-12-20-18(24)14-7-2-1-3-8-14)22-21-13-15-9-4-5-10-16(15)19(25)26/h1-5,7-10,13H,6,11-12H2,(H,20,24)(H,22,23)(H,25,26). The highest BCUT2D eigenvalue weighted by Gasteiger charge is 2.07. The number of hydrazone groups is 1. The Labute approximate surface area is 150 Å². The highest BCUT2D eigenvalue weighted by Crippen LogP contribution is 2.05. The monoisotopic (exact) mass is 353 g/mol. The van der Waals surface area contributed by atoms with E-state index in [1.54, 1.807) is 42.5 Å². The number of carboxylic acids is 1. The van der Waals surface area contributed by atoms with Gasteiger partial charge in [0, 0.05) is 24.1 Å². The van der Waals surface area contributed by atoms with Crippen molar-refractivity contribution in [3.8, 4) is 0 Å². The van der Waals surface area contributed by atoms with Gasteiger partial charge in [0.25, 0.3) is 5.91 Å². The van der Waals surface area contributed by atoms with Crippen molar-refractivity contribution in [3.05, 3.63) is 71.3 Å². The van der Waals surface area contributed by atoms with Gasteiger partial charge >= 0.3 is 5.97 Å². The Balaban J connectivity index is 1.71. The summed E-state index contributed by atoms with van der Waals surface area (Å²) >= 11 is 0. The number of benzene rings is 2. The van der Waals surface area contributed by atoms with Crippen LogP contribution in [-0.4, -0.2) is 35.6 Å². The molecule has 0 spiro atoms. The van der Waals surface area contributed by atoms with Crippen LogP contribution in [0.25, 0.3) is 0 Å². The van der Waals surface area contributed by atoms with Crippen LogP contribution >= 0.6 is 0 Å². The lowest BCUT2D eigenvalue weighted by atomic mass is 10.1. The van der Waals surface area contributed by atoms with Gasteiger partial charge in [0.2, 0.25) is 5.91 Å². The zero-order valence-corrected chi connectivity index (χ0v) is 14.0. The van der Waals surface area contributed by atoms with E-state index >= 15 is 0 Å². The van der Waals surface area contributed by atoms with Gasteiger partial charge in [0.15, 0.2) is 0 Å². The van der Waals surface area contributed by atoms with Crippen LogP contribution < -0.4 is 10.7 Å². The van der Waals surface area contributed by atoms with E-state index in [0.717, 1.165) is 0 Å². The summed E-state index contributed by atoms with van der Waals surface area (Å²) in [6.07, 6.45) is 1.94. The molecule has 0 heterocycles. The van der Waals surface area contributed by atoms with Crippen LogP contribution in [0, 0.1) is 0 Å². The largest absolute Gasteiger partial charge is 0.478 e. The Bertz CT molecular complexity index is 803. The molecule has 0 aliphatic rings. The van der Waals surface area contributed by atoms with Gasteiger partial charge < -0.3 is 10.4 Å². The molecule has 0 aliphatic carbocycles. The fourth-order valence-corrected chi connectivity index (χ4v) is 2.18. The summed E-state index contributed by atoms with van der Waals surface area (Å²) in [6, 6.07) is 15.2. The van der Waals surface area contributed by atoms with Crippen molar-refractivity contribution in [2.24, 2.45) is 5.10 Å². The number of nitrogens with zero attached hydrogens (tertiary/aromatic N) is 1. The van der Waals surface area contributed by atoms with E-state index in [1.807, 2.05) is 6.07 Å². The second kappa shape index (κ2) is 9.73. The van der Waals surface area contributed by atoms with E-state index < -0.39 is 5.97 Å². The van der Waals surface area contributed by atoms with Crippen molar-refractivity contribution >= 4 is 24.0 Å². The van der Waals surface area contributed by atoms with Gasteiger partial charge in [-0.3, -0.25) is 9.59 Å². The number of carbonyl (C=O) groups is 3. The summed E-state index contributed by atoms with van der Waals surface area (Å²) in [7, 11) is 0. The number of rotatable bonds is 8. The predicted octanol–water partition coefficient (Wildman–Crippen LogP) is 2.05. The molecule has 0 saturated carbocycles. The molecule has 0 aromatic heterocycles. The number of carbonyl (C=O) groups excluding carboxylic acids is 2. The molecule has 2 aromatic rings. The fourth-order valence-electron chi connectivity index (χ4n) is 2.18. The first-order valence-electron chi connectivity index (χ1n) is 8.05. The first-order valence-corrected chi connectivity index (χ1v) is 8.05. The van der Waals surface area contributed by atoms with E-state index in [2.05, 4.69) is 15.8 Å². The molecule has 0 bridgehead atoms. The normalized spacial score (nSPS) is 10.5. The quantitative estimate of drug-likeness (QED) is 0.383. The first kappa shape index (κ1) is 18.9. The maximum absolute atomic E-state index is 11.8. The third-order valence-electron chi connectivity index (χ3n) is 3.49. The van der Waals surface area contributed by atoms with E-state index in [-0.39, 0.29) is 23.8 Å². The molecule has 0 aliphatic heterocycles. The Morgan fingerprint density at radius 3 is 2.42 bits per heavy atom. The summed E-state index contributed by atoms with van der Waals surface area (Å²) in [5, 5.41) is 15.6. The molecule has 26 heavy (non-hydrogen) atoms. The summed E-state index contributed by atoms with van der Waals surface area (Å²) in [4.78, 5) is 34.6. The minimum Gasteiger partial charge on any atom is -0.478 e. The van der Waals surface area contributed by atoms with Crippen molar-refractivity contribution in [1.82, 2.24) is 10.7 Å². The number of hydrogen-bond donors (Lipinski definition) is 3. The summed E-state index contributed by atoms with van der Waals surface area (Å²) in [6.45, 7) is 0.368. The van der Waals surface area contributed by atoms with E-state index in [0.29, 0.717) is 24.1 Å². The van der Waals surface area contributed by atoms with E-state index in [9.17, 15) is 14.4 Å². The Hall–Kier alpha value is -3.48. The van der Waals surface area contributed by atoms with Gasteiger partial charge in [-0.1, -0.05) is 36.4 Å². The second-order valence-electron chi connectivity index (χ2n) is 5.41. The van der Waals surface area contributed by atoms with Gasteiger partial charge in [0.1, 0.15) is 0 Å². The smallest absolute Gasteiger partial charge is 0.336 e. The molecule has 0 radical (unpaired) electrons. The molecule has 134 valence electrons. The lowest BCUT2D eigenvalue weighted by molar-refractivity contribution is -0.121. The molecule has 0 atom stereocenters. The lowest BCUT2D eigenvalue weighted by Crippen LogP contribution is -2.26. The van der Waals surface area contributed by atoms with Gasteiger partial charge in [0.05, 0.1) is 11.8 Å². The third-order valence-corrected chi connectivity index (χ3v) is 3.49. The van der Waals surface area contributed by atoms with E-state index in [1.165, 1.54) is 12.3 Å². The number of carboxylic acid groups (broad SMARTS) is 1. The van der Waals surface area contributed by atoms with Gasteiger partial charge in [-0.15, -0.1) is 0 Å². The first-order chi connectivity index (χ1) is 12.6. The number of nitrogens with one attached hydrogen (secondary N) is 2. The van der Waals surface area contributed by atoms with Crippen LogP contribution in [0.4, 0.5) is 0 Å². The summed E-state index contributed by atoms with van der Waals surface area (Å²) in [5.74, 6) is -1.56. The molecule has 3 N–H and O–H groups in total. The van der Waals surface area contributed by atoms with Crippen molar-refractivity contribution in [1.29, 1.82) is 0 Å². The maximum atomic E-state index is 11.8. The Morgan fingerprint density at radius 1 is 1.00 bits per heavy atom. The van der Waals surface area contributed by atoms with Crippen LogP contribution in [0.5, 0.6) is 0 Å². The fraction of sp³-hybridized carbons (Fsp3) is 0.158. The molecular weight excluding hydrogens is 334 g/mol. The van der Waals surface area contributed by atoms with Crippen molar-refractivity contribution in [3.63, 3.8) is 0 Å². The molecule has 0 saturated heterocycles. The molecule has 0 fully saturated rings. The van der Waals surface area contributed by atoms with Crippen LogP contribution in [0.1, 0.15) is 39.1 Å². The minimum absolute atomic E-state index is 0.106.